The molecule has 1 aromatic rings. The molecule has 2 rings (SSSR count). The normalized spacial score (nSPS) is 20.5. The Morgan fingerprint density at radius 3 is 3.17 bits per heavy atom. The first-order valence-electron chi connectivity index (χ1n) is 6.39. The van der Waals surface area contributed by atoms with Crippen molar-refractivity contribution < 1.29 is 9.53 Å². The Morgan fingerprint density at radius 2 is 2.39 bits per heavy atom. The van der Waals surface area contributed by atoms with E-state index in [1.807, 2.05) is 36.1 Å². The fourth-order valence-electron chi connectivity index (χ4n) is 2.21. The lowest BCUT2D eigenvalue weighted by Crippen LogP contribution is -2.36. The largest absolute Gasteiger partial charge is 0.399 e. The minimum atomic E-state index is 0.122. The molecule has 1 saturated heterocycles. The summed E-state index contributed by atoms with van der Waals surface area (Å²) in [6.07, 6.45) is 1.45. The van der Waals surface area contributed by atoms with E-state index >= 15 is 0 Å². The lowest BCUT2D eigenvalue weighted by molar-refractivity contribution is -0.131. The Labute approximate surface area is 108 Å². The van der Waals surface area contributed by atoms with Gasteiger partial charge in [-0.15, -0.1) is 0 Å². The smallest absolute Gasteiger partial charge is 0.227 e. The summed E-state index contributed by atoms with van der Waals surface area (Å²) in [6.45, 7) is 4.21. The first kappa shape index (κ1) is 12.9. The molecule has 18 heavy (non-hydrogen) atoms. The number of hydrogen-bond donors (Lipinski definition) is 1. The van der Waals surface area contributed by atoms with Crippen LogP contribution in [0.5, 0.6) is 0 Å². The van der Waals surface area contributed by atoms with Crippen LogP contribution in [-0.4, -0.2) is 36.6 Å². The summed E-state index contributed by atoms with van der Waals surface area (Å²) in [5.41, 5.74) is 7.39. The first-order chi connectivity index (χ1) is 8.65. The number of ether oxygens (including phenoxy) is 1. The highest BCUT2D eigenvalue weighted by molar-refractivity contribution is 5.79. The Morgan fingerprint density at radius 1 is 1.56 bits per heavy atom. The van der Waals surface area contributed by atoms with E-state index in [1.54, 1.807) is 0 Å². The number of hydrogen-bond acceptors (Lipinski definition) is 3. The van der Waals surface area contributed by atoms with E-state index in [9.17, 15) is 4.79 Å². The SMILES string of the molecule is CC1CN(C(=O)Cc2cccc(N)c2)CCCO1. The van der Waals surface area contributed by atoms with E-state index in [1.165, 1.54) is 0 Å². The minimum absolute atomic E-state index is 0.122. The first-order valence-corrected chi connectivity index (χ1v) is 6.39. The van der Waals surface area contributed by atoms with Crippen molar-refractivity contribution in [2.24, 2.45) is 0 Å². The molecule has 1 aromatic carbocycles. The number of benzene rings is 1. The van der Waals surface area contributed by atoms with Crippen LogP contribution < -0.4 is 5.73 Å². The maximum Gasteiger partial charge on any atom is 0.227 e. The maximum absolute atomic E-state index is 12.2. The van der Waals surface area contributed by atoms with Crippen LogP contribution in [0.25, 0.3) is 0 Å². The zero-order valence-corrected chi connectivity index (χ0v) is 10.8. The predicted molar refractivity (Wildman–Crippen MR) is 71.2 cm³/mol. The van der Waals surface area contributed by atoms with Gasteiger partial charge in [-0.05, 0) is 31.0 Å². The van der Waals surface area contributed by atoms with Crippen LogP contribution in [0.1, 0.15) is 18.9 Å². The number of nitrogens with zero attached hydrogens (tertiary/aromatic N) is 1. The Hall–Kier alpha value is -1.55. The molecule has 1 aliphatic rings. The standard InChI is InChI=1S/C14H20N2O2/c1-11-10-16(6-3-7-18-11)14(17)9-12-4-2-5-13(15)8-12/h2,4-5,8,11H,3,6-7,9-10,15H2,1H3. The van der Waals surface area contributed by atoms with Gasteiger partial charge in [0.2, 0.25) is 5.91 Å². The van der Waals surface area contributed by atoms with Gasteiger partial charge < -0.3 is 15.4 Å². The number of anilines is 1. The zero-order chi connectivity index (χ0) is 13.0. The molecule has 0 radical (unpaired) electrons. The van der Waals surface area contributed by atoms with E-state index in [-0.39, 0.29) is 12.0 Å². The number of carbonyl (C=O) groups is 1. The summed E-state index contributed by atoms with van der Waals surface area (Å²) in [5, 5.41) is 0. The molecule has 0 aliphatic carbocycles. The molecule has 4 heteroatoms. The summed E-state index contributed by atoms with van der Waals surface area (Å²) in [4.78, 5) is 14.1. The van der Waals surface area contributed by atoms with Crippen LogP contribution in [0, 0.1) is 0 Å². The second-order valence-corrected chi connectivity index (χ2v) is 4.80. The van der Waals surface area contributed by atoms with Crippen LogP contribution >= 0.6 is 0 Å². The van der Waals surface area contributed by atoms with Gasteiger partial charge in [-0.3, -0.25) is 4.79 Å². The molecule has 1 aliphatic heterocycles. The van der Waals surface area contributed by atoms with Crippen LogP contribution in [0.15, 0.2) is 24.3 Å². The predicted octanol–water partition coefficient (Wildman–Crippen LogP) is 1.45. The van der Waals surface area contributed by atoms with Crippen molar-refractivity contribution in [1.82, 2.24) is 4.90 Å². The average molecular weight is 248 g/mol. The minimum Gasteiger partial charge on any atom is -0.399 e. The van der Waals surface area contributed by atoms with Gasteiger partial charge in [0.1, 0.15) is 0 Å². The van der Waals surface area contributed by atoms with Crippen molar-refractivity contribution in [2.45, 2.75) is 25.9 Å². The fourth-order valence-corrected chi connectivity index (χ4v) is 2.21. The summed E-state index contributed by atoms with van der Waals surface area (Å²) in [6, 6.07) is 7.50. The van der Waals surface area contributed by atoms with Crippen molar-refractivity contribution in [3.8, 4) is 0 Å². The van der Waals surface area contributed by atoms with E-state index < -0.39 is 0 Å². The second-order valence-electron chi connectivity index (χ2n) is 4.80. The molecule has 0 aromatic heterocycles. The van der Waals surface area contributed by atoms with Gasteiger partial charge in [-0.2, -0.15) is 0 Å². The van der Waals surface area contributed by atoms with Gasteiger partial charge in [0.15, 0.2) is 0 Å². The third-order valence-electron chi connectivity index (χ3n) is 3.11. The zero-order valence-electron chi connectivity index (χ0n) is 10.8. The summed E-state index contributed by atoms with van der Waals surface area (Å²) >= 11 is 0. The Kier molecular flexibility index (Phi) is 4.20. The molecule has 1 atom stereocenters. The quantitative estimate of drug-likeness (QED) is 0.806. The van der Waals surface area contributed by atoms with Crippen molar-refractivity contribution in [1.29, 1.82) is 0 Å². The molecule has 1 heterocycles. The summed E-state index contributed by atoms with van der Waals surface area (Å²) < 4.78 is 5.54. The molecule has 4 nitrogen and oxygen atoms in total. The monoisotopic (exact) mass is 248 g/mol. The summed E-state index contributed by atoms with van der Waals surface area (Å²) in [7, 11) is 0. The molecule has 1 unspecified atom stereocenters. The van der Waals surface area contributed by atoms with Crippen molar-refractivity contribution in [2.75, 3.05) is 25.4 Å². The molecular weight excluding hydrogens is 228 g/mol. The lowest BCUT2D eigenvalue weighted by Gasteiger charge is -2.22. The molecule has 1 fully saturated rings. The summed E-state index contributed by atoms with van der Waals surface area (Å²) in [5.74, 6) is 0.151. The van der Waals surface area contributed by atoms with Gasteiger partial charge >= 0.3 is 0 Å². The van der Waals surface area contributed by atoms with Gasteiger partial charge in [0, 0.05) is 25.4 Å². The van der Waals surface area contributed by atoms with E-state index in [4.69, 9.17) is 10.5 Å². The highest BCUT2D eigenvalue weighted by atomic mass is 16.5. The van der Waals surface area contributed by atoms with Crippen molar-refractivity contribution >= 4 is 11.6 Å². The maximum atomic E-state index is 12.2. The number of amides is 1. The third kappa shape index (κ3) is 3.47. The Balaban J connectivity index is 1.98. The van der Waals surface area contributed by atoms with Gasteiger partial charge in [-0.1, -0.05) is 12.1 Å². The van der Waals surface area contributed by atoms with Gasteiger partial charge in [0.05, 0.1) is 12.5 Å². The molecule has 1 amide bonds. The van der Waals surface area contributed by atoms with Crippen LogP contribution in [0.2, 0.25) is 0 Å². The molecule has 98 valence electrons. The van der Waals surface area contributed by atoms with Crippen LogP contribution in [0.4, 0.5) is 5.69 Å². The second kappa shape index (κ2) is 5.87. The Bertz CT molecular complexity index is 420. The third-order valence-corrected chi connectivity index (χ3v) is 3.11. The highest BCUT2D eigenvalue weighted by Crippen LogP contribution is 2.11. The molecular formula is C14H20N2O2. The van der Waals surface area contributed by atoms with E-state index in [2.05, 4.69) is 0 Å². The highest BCUT2D eigenvalue weighted by Gasteiger charge is 2.19. The number of carbonyl (C=O) groups excluding carboxylic acids is 1. The van der Waals surface area contributed by atoms with Gasteiger partial charge in [-0.25, -0.2) is 0 Å². The number of nitrogen functional groups attached to an aromatic ring is 1. The molecule has 0 spiro atoms. The molecule has 0 saturated carbocycles. The number of rotatable bonds is 2. The van der Waals surface area contributed by atoms with Crippen molar-refractivity contribution in [3.05, 3.63) is 29.8 Å². The molecule has 0 bridgehead atoms. The number of nitrogens with two attached hydrogens (primary N) is 1. The van der Waals surface area contributed by atoms with E-state index in [0.717, 1.165) is 25.1 Å². The van der Waals surface area contributed by atoms with Crippen molar-refractivity contribution in [3.63, 3.8) is 0 Å². The van der Waals surface area contributed by atoms with E-state index in [0.29, 0.717) is 18.7 Å². The lowest BCUT2D eigenvalue weighted by atomic mass is 10.1. The topological polar surface area (TPSA) is 55.6 Å². The van der Waals surface area contributed by atoms with Gasteiger partial charge in [0.25, 0.3) is 0 Å². The van der Waals surface area contributed by atoms with Crippen LogP contribution in [-0.2, 0) is 16.0 Å². The van der Waals surface area contributed by atoms with Crippen LogP contribution in [0.3, 0.4) is 0 Å². The fraction of sp³-hybridized carbons (Fsp3) is 0.500. The average Bonchev–Trinajstić information content (AvgIpc) is 2.54. The molecule has 2 N–H and O–H groups in total.